The molecular weight excluding hydrogens is 257 g/mol. The molecule has 6 heteroatoms. The van der Waals surface area contributed by atoms with Crippen molar-refractivity contribution < 1.29 is 15.0 Å². The molecule has 0 bridgehead atoms. The summed E-state index contributed by atoms with van der Waals surface area (Å²) in [6, 6.07) is 5.66. The molecule has 4 nitrogen and oxygen atoms in total. The van der Waals surface area contributed by atoms with E-state index in [1.54, 1.807) is 12.1 Å². The van der Waals surface area contributed by atoms with E-state index in [-0.39, 0.29) is 5.75 Å². The molecular formula is C11H14NO3PS. The fourth-order valence-corrected chi connectivity index (χ4v) is 2.27. The van der Waals surface area contributed by atoms with Gasteiger partial charge in [0.2, 0.25) is 0 Å². The Kier molecular flexibility index (Phi) is 5.45. The monoisotopic (exact) mass is 271 g/mol. The zero-order chi connectivity index (χ0) is 12.8. The molecule has 92 valence electrons. The van der Waals surface area contributed by atoms with Crippen molar-refractivity contribution in [2.45, 2.75) is 19.4 Å². The van der Waals surface area contributed by atoms with Crippen LogP contribution in [0.3, 0.4) is 0 Å². The lowest BCUT2D eigenvalue weighted by Crippen LogP contribution is -2.19. The van der Waals surface area contributed by atoms with Crippen LogP contribution in [0.1, 0.15) is 12.5 Å². The number of carboxylic acid groups (broad SMARTS) is 1. The van der Waals surface area contributed by atoms with Gasteiger partial charge in [0.05, 0.1) is 6.92 Å². The van der Waals surface area contributed by atoms with Crippen molar-refractivity contribution >= 4 is 25.1 Å². The van der Waals surface area contributed by atoms with Crippen LogP contribution in [-0.4, -0.2) is 28.4 Å². The standard InChI is InChI=1S/C11H14NO3PS/c1-2-16(17)12-10(11(14)15)7-8-3-5-9(13)6-4-8/h3-6,10,13H,2,7H2,1H3,(H,14,15)/t10-/m0/s1. The second-order valence-electron chi connectivity index (χ2n) is 3.51. The maximum absolute atomic E-state index is 11.0. The Morgan fingerprint density at radius 2 is 2.06 bits per heavy atom. The predicted octanol–water partition coefficient (Wildman–Crippen LogP) is 2.54. The summed E-state index contributed by atoms with van der Waals surface area (Å²) in [5.41, 5.74) is 0.827. The molecule has 2 N–H and O–H groups in total. The summed E-state index contributed by atoms with van der Waals surface area (Å²) in [5, 5.41) is 18.2. The number of aliphatic carboxylic acids is 1. The van der Waals surface area contributed by atoms with E-state index in [1.807, 2.05) is 6.92 Å². The molecule has 0 aromatic heterocycles. The molecule has 2 atom stereocenters. The summed E-state index contributed by atoms with van der Waals surface area (Å²) < 4.78 is 4.13. The number of rotatable bonds is 5. The summed E-state index contributed by atoms with van der Waals surface area (Å²) in [6.45, 7) is 0.930. The molecule has 0 aliphatic rings. The van der Waals surface area contributed by atoms with Gasteiger partial charge in [0.1, 0.15) is 11.9 Å². The van der Waals surface area contributed by atoms with E-state index in [0.29, 0.717) is 12.6 Å². The molecule has 17 heavy (non-hydrogen) atoms. The van der Waals surface area contributed by atoms with Gasteiger partial charge in [-0.3, -0.25) is 0 Å². The predicted molar refractivity (Wildman–Crippen MR) is 70.5 cm³/mol. The fourth-order valence-electron chi connectivity index (χ4n) is 1.27. The second kappa shape index (κ2) is 6.62. The van der Waals surface area contributed by atoms with Crippen LogP contribution in [0.25, 0.3) is 0 Å². The average Bonchev–Trinajstić information content (AvgIpc) is 2.30. The van der Waals surface area contributed by atoms with Crippen LogP contribution < -0.4 is 0 Å². The van der Waals surface area contributed by atoms with E-state index < -0.39 is 18.9 Å². The molecule has 0 saturated heterocycles. The Balaban J connectivity index is 2.80. The molecule has 0 aliphatic heterocycles. The number of hydrogen-bond donors (Lipinski definition) is 2. The van der Waals surface area contributed by atoms with Crippen LogP contribution in [0.5, 0.6) is 5.75 Å². The Hall–Kier alpha value is -1.06. The lowest BCUT2D eigenvalue weighted by atomic mass is 10.1. The molecule has 1 aromatic carbocycles. The minimum Gasteiger partial charge on any atom is -0.508 e. The summed E-state index contributed by atoms with van der Waals surface area (Å²) in [5.74, 6) is -0.791. The van der Waals surface area contributed by atoms with Crippen molar-refractivity contribution in [2.24, 2.45) is 4.74 Å². The van der Waals surface area contributed by atoms with Crippen molar-refractivity contribution in [2.75, 3.05) is 6.16 Å². The number of carboxylic acids is 1. The molecule has 0 radical (unpaired) electrons. The van der Waals surface area contributed by atoms with Crippen LogP contribution in [0.2, 0.25) is 0 Å². The lowest BCUT2D eigenvalue weighted by Gasteiger charge is -2.06. The quantitative estimate of drug-likeness (QED) is 0.637. The van der Waals surface area contributed by atoms with E-state index in [2.05, 4.69) is 4.74 Å². The number of benzene rings is 1. The zero-order valence-corrected chi connectivity index (χ0v) is 11.1. The molecule has 1 aromatic rings. The van der Waals surface area contributed by atoms with Crippen molar-refractivity contribution in [3.8, 4) is 5.75 Å². The van der Waals surface area contributed by atoms with Gasteiger partial charge < -0.3 is 22.5 Å². The first kappa shape index (κ1) is 14.0. The van der Waals surface area contributed by atoms with Gasteiger partial charge in [0.25, 0.3) is 0 Å². The average molecular weight is 271 g/mol. The number of phenolic OH excluding ortho intramolecular Hbond substituents is 1. The first-order valence-corrected chi connectivity index (χ1v) is 7.68. The Morgan fingerprint density at radius 1 is 1.47 bits per heavy atom. The number of phenols is 1. The molecule has 1 rings (SSSR count). The molecule has 0 aliphatic carbocycles. The first-order valence-electron chi connectivity index (χ1n) is 5.19. The van der Waals surface area contributed by atoms with E-state index in [9.17, 15) is 4.79 Å². The van der Waals surface area contributed by atoms with Crippen molar-refractivity contribution in [1.29, 1.82) is 0 Å². The third-order valence-corrected chi connectivity index (χ3v) is 4.32. The van der Waals surface area contributed by atoms with E-state index in [0.717, 1.165) is 5.56 Å². The molecule has 0 heterocycles. The Labute approximate surface area is 106 Å². The Bertz CT molecular complexity index is 419. The summed E-state index contributed by atoms with van der Waals surface area (Å²) in [6.07, 6.45) is 1.02. The molecule has 0 fully saturated rings. The third kappa shape index (κ3) is 4.75. The number of nitrogens with zero attached hydrogens (tertiary/aromatic N) is 1. The van der Waals surface area contributed by atoms with Crippen molar-refractivity contribution in [3.63, 3.8) is 0 Å². The summed E-state index contributed by atoms with van der Waals surface area (Å²) in [4.78, 5) is 11.0. The van der Waals surface area contributed by atoms with Gasteiger partial charge >= 0.3 is 5.97 Å². The minimum atomic E-state index is -0.974. The van der Waals surface area contributed by atoms with Gasteiger partial charge in [-0.05, 0) is 24.6 Å². The smallest absolute Gasteiger partial charge is 0.332 e. The van der Waals surface area contributed by atoms with Crippen LogP contribution in [0.4, 0.5) is 0 Å². The number of hydrogen-bond acceptors (Lipinski definition) is 4. The molecule has 1 unspecified atom stereocenters. The highest BCUT2D eigenvalue weighted by molar-refractivity contribution is 8.28. The van der Waals surface area contributed by atoms with E-state index >= 15 is 0 Å². The fraction of sp³-hybridized carbons (Fsp3) is 0.364. The highest BCUT2D eigenvalue weighted by atomic mass is 32.7. The number of carbonyl (C=O) groups is 1. The molecule has 0 amide bonds. The van der Waals surface area contributed by atoms with E-state index in [1.165, 1.54) is 12.1 Å². The highest BCUT2D eigenvalue weighted by Gasteiger charge is 2.19. The van der Waals surface area contributed by atoms with Crippen LogP contribution >= 0.6 is 6.92 Å². The van der Waals surface area contributed by atoms with Gasteiger partial charge in [-0.1, -0.05) is 12.1 Å². The van der Waals surface area contributed by atoms with Crippen molar-refractivity contribution in [3.05, 3.63) is 29.8 Å². The highest BCUT2D eigenvalue weighted by Crippen LogP contribution is 2.24. The number of aromatic hydroxyl groups is 1. The maximum Gasteiger partial charge on any atom is 0.332 e. The summed E-state index contributed by atoms with van der Waals surface area (Å²) in [7, 11) is 0. The maximum atomic E-state index is 11.0. The third-order valence-electron chi connectivity index (χ3n) is 2.19. The van der Waals surface area contributed by atoms with Crippen LogP contribution in [-0.2, 0) is 23.5 Å². The SMILES string of the molecule is CC[P+]([S-])=N[C@@H](Cc1ccc(O)cc1)C(=O)O. The van der Waals surface area contributed by atoms with Crippen LogP contribution in [0.15, 0.2) is 29.0 Å². The first-order chi connectivity index (χ1) is 8.02. The lowest BCUT2D eigenvalue weighted by molar-refractivity contribution is -0.138. The van der Waals surface area contributed by atoms with Gasteiger partial charge in [-0.25, -0.2) is 4.79 Å². The normalized spacial score (nSPS) is 13.4. The molecule has 0 saturated carbocycles. The van der Waals surface area contributed by atoms with E-state index in [4.69, 9.17) is 22.5 Å². The zero-order valence-electron chi connectivity index (χ0n) is 9.41. The Morgan fingerprint density at radius 3 is 2.53 bits per heavy atom. The van der Waals surface area contributed by atoms with Gasteiger partial charge in [0, 0.05) is 6.42 Å². The van der Waals surface area contributed by atoms with Crippen LogP contribution in [0, 0.1) is 0 Å². The second-order valence-corrected chi connectivity index (χ2v) is 6.34. The largest absolute Gasteiger partial charge is 0.508 e. The van der Waals surface area contributed by atoms with Gasteiger partial charge in [0.15, 0.2) is 6.04 Å². The summed E-state index contributed by atoms with van der Waals surface area (Å²) >= 11 is 5.07. The minimum absolute atomic E-state index is 0.164. The van der Waals surface area contributed by atoms with Gasteiger partial charge in [-0.15, -0.1) is 4.74 Å². The topological polar surface area (TPSA) is 69.9 Å². The van der Waals surface area contributed by atoms with Crippen molar-refractivity contribution in [1.82, 2.24) is 0 Å². The molecule has 0 spiro atoms. The van der Waals surface area contributed by atoms with Gasteiger partial charge in [-0.2, -0.15) is 0 Å².